The first kappa shape index (κ1) is 16.4. The van der Waals surface area contributed by atoms with Gasteiger partial charge in [-0.3, -0.25) is 4.79 Å². The second-order valence-electron chi connectivity index (χ2n) is 6.02. The minimum Gasteiger partial charge on any atom is -0.361 e. The smallest absolute Gasteiger partial charge is 0.253 e. The standard InChI is InChI=1S/C19H15Br2N3O/c1-10(15-8-22-17-4-2-11(20)6-13(15)17)24-19(25)16-9-23-18-5-3-12(21)7-14(16)18/h2-10,22-23H,1H3,(H,24,25). The van der Waals surface area contributed by atoms with E-state index in [1.807, 2.05) is 43.5 Å². The summed E-state index contributed by atoms with van der Waals surface area (Å²) in [6, 6.07) is 11.8. The molecule has 1 unspecified atom stereocenters. The maximum atomic E-state index is 12.8. The molecule has 0 saturated carbocycles. The Morgan fingerprint density at radius 1 is 0.960 bits per heavy atom. The molecule has 2 aromatic carbocycles. The lowest BCUT2D eigenvalue weighted by Crippen LogP contribution is -2.26. The maximum absolute atomic E-state index is 12.8. The number of carbonyl (C=O) groups is 1. The van der Waals surface area contributed by atoms with Crippen molar-refractivity contribution in [2.75, 3.05) is 0 Å². The van der Waals surface area contributed by atoms with Crippen molar-refractivity contribution in [3.63, 3.8) is 0 Å². The van der Waals surface area contributed by atoms with Crippen molar-refractivity contribution >= 4 is 59.6 Å². The number of hydrogen-bond acceptors (Lipinski definition) is 1. The van der Waals surface area contributed by atoms with Crippen molar-refractivity contribution in [3.8, 4) is 0 Å². The molecule has 0 spiro atoms. The van der Waals surface area contributed by atoms with Crippen LogP contribution in [0.25, 0.3) is 21.8 Å². The molecule has 0 aliphatic heterocycles. The third-order valence-electron chi connectivity index (χ3n) is 4.38. The minimum absolute atomic E-state index is 0.0961. The Morgan fingerprint density at radius 3 is 2.28 bits per heavy atom. The second-order valence-corrected chi connectivity index (χ2v) is 7.85. The highest BCUT2D eigenvalue weighted by atomic mass is 79.9. The van der Waals surface area contributed by atoms with Crippen molar-refractivity contribution in [1.82, 2.24) is 15.3 Å². The van der Waals surface area contributed by atoms with E-state index in [0.717, 1.165) is 36.3 Å². The molecule has 1 atom stereocenters. The van der Waals surface area contributed by atoms with Gasteiger partial charge in [0.05, 0.1) is 11.6 Å². The lowest BCUT2D eigenvalue weighted by molar-refractivity contribution is 0.0942. The van der Waals surface area contributed by atoms with Crippen LogP contribution in [-0.4, -0.2) is 15.9 Å². The molecule has 0 aliphatic carbocycles. The molecule has 0 fully saturated rings. The summed E-state index contributed by atoms with van der Waals surface area (Å²) in [5, 5.41) is 5.10. The lowest BCUT2D eigenvalue weighted by atomic mass is 10.1. The van der Waals surface area contributed by atoms with Gasteiger partial charge in [-0.2, -0.15) is 0 Å². The topological polar surface area (TPSA) is 60.7 Å². The van der Waals surface area contributed by atoms with Crippen LogP contribution < -0.4 is 5.32 Å². The summed E-state index contributed by atoms with van der Waals surface area (Å²) in [5.41, 5.74) is 3.70. The number of aromatic nitrogens is 2. The minimum atomic E-state index is -0.118. The average molecular weight is 461 g/mol. The summed E-state index contributed by atoms with van der Waals surface area (Å²) in [7, 11) is 0. The number of hydrogen-bond donors (Lipinski definition) is 3. The molecule has 4 aromatic rings. The van der Waals surface area contributed by atoms with Gasteiger partial charge < -0.3 is 15.3 Å². The van der Waals surface area contributed by atoms with E-state index in [1.165, 1.54) is 0 Å². The van der Waals surface area contributed by atoms with E-state index in [9.17, 15) is 4.79 Å². The van der Waals surface area contributed by atoms with Gasteiger partial charge in [0.25, 0.3) is 5.91 Å². The van der Waals surface area contributed by atoms with Crippen LogP contribution in [0.4, 0.5) is 0 Å². The molecule has 6 heteroatoms. The highest BCUT2D eigenvalue weighted by Gasteiger charge is 2.17. The number of carbonyl (C=O) groups excluding carboxylic acids is 1. The third kappa shape index (κ3) is 3.00. The number of fused-ring (bicyclic) bond motifs is 2. The molecule has 0 bridgehead atoms. The summed E-state index contributed by atoms with van der Waals surface area (Å²) >= 11 is 6.97. The Labute approximate surface area is 161 Å². The lowest BCUT2D eigenvalue weighted by Gasteiger charge is -2.13. The molecule has 4 rings (SSSR count). The molecule has 1 amide bonds. The molecule has 3 N–H and O–H groups in total. The zero-order chi connectivity index (χ0) is 17.6. The summed E-state index contributed by atoms with van der Waals surface area (Å²) < 4.78 is 1.96. The molecule has 4 nitrogen and oxygen atoms in total. The Bertz CT molecular complexity index is 1100. The molecular formula is C19H15Br2N3O. The number of aromatic amines is 2. The molecule has 25 heavy (non-hydrogen) atoms. The zero-order valence-electron chi connectivity index (χ0n) is 13.4. The summed E-state index contributed by atoms with van der Waals surface area (Å²) in [5.74, 6) is -0.0961. The quantitative estimate of drug-likeness (QED) is 0.362. The maximum Gasteiger partial charge on any atom is 0.253 e. The highest BCUT2D eigenvalue weighted by molar-refractivity contribution is 9.10. The van der Waals surface area contributed by atoms with Gasteiger partial charge in [0.1, 0.15) is 0 Å². The van der Waals surface area contributed by atoms with Crippen molar-refractivity contribution in [2.24, 2.45) is 0 Å². The van der Waals surface area contributed by atoms with Crippen molar-refractivity contribution in [1.29, 1.82) is 0 Å². The van der Waals surface area contributed by atoms with Crippen LogP contribution in [0.1, 0.15) is 28.9 Å². The van der Waals surface area contributed by atoms with Crippen LogP contribution in [0.5, 0.6) is 0 Å². The van der Waals surface area contributed by atoms with Gasteiger partial charge in [-0.15, -0.1) is 0 Å². The normalized spacial score (nSPS) is 12.6. The fourth-order valence-electron chi connectivity index (χ4n) is 3.11. The van der Waals surface area contributed by atoms with Gasteiger partial charge in [0.2, 0.25) is 0 Å². The number of benzene rings is 2. The van der Waals surface area contributed by atoms with Gasteiger partial charge in [-0.25, -0.2) is 0 Å². The summed E-state index contributed by atoms with van der Waals surface area (Å²) in [6.07, 6.45) is 3.71. The first-order chi connectivity index (χ1) is 12.0. The first-order valence-electron chi connectivity index (χ1n) is 7.87. The molecule has 2 heterocycles. The van der Waals surface area contributed by atoms with E-state index < -0.39 is 0 Å². The Hall–Kier alpha value is -2.05. The third-order valence-corrected chi connectivity index (χ3v) is 5.36. The number of nitrogens with one attached hydrogen (secondary N) is 3. The van der Waals surface area contributed by atoms with Crippen LogP contribution in [0.15, 0.2) is 57.7 Å². The van der Waals surface area contributed by atoms with Crippen LogP contribution in [-0.2, 0) is 0 Å². The van der Waals surface area contributed by atoms with Gasteiger partial charge in [0, 0.05) is 43.1 Å². The molecule has 0 radical (unpaired) electrons. The first-order valence-corrected chi connectivity index (χ1v) is 9.45. The van der Waals surface area contributed by atoms with Crippen LogP contribution >= 0.6 is 31.9 Å². The van der Waals surface area contributed by atoms with Crippen molar-refractivity contribution in [2.45, 2.75) is 13.0 Å². The average Bonchev–Trinajstić information content (AvgIpc) is 3.17. The molecule has 2 aromatic heterocycles. The van der Waals surface area contributed by atoms with E-state index in [0.29, 0.717) is 5.56 Å². The van der Waals surface area contributed by atoms with E-state index >= 15 is 0 Å². The van der Waals surface area contributed by atoms with Crippen LogP contribution in [0.3, 0.4) is 0 Å². The molecule has 0 aliphatic rings. The van der Waals surface area contributed by atoms with Gasteiger partial charge >= 0.3 is 0 Å². The van der Waals surface area contributed by atoms with Crippen molar-refractivity contribution < 1.29 is 4.79 Å². The number of rotatable bonds is 3. The van der Waals surface area contributed by atoms with Crippen LogP contribution in [0.2, 0.25) is 0 Å². The fourth-order valence-corrected chi connectivity index (χ4v) is 3.83. The highest BCUT2D eigenvalue weighted by Crippen LogP contribution is 2.28. The van der Waals surface area contributed by atoms with E-state index in [1.54, 1.807) is 6.20 Å². The predicted octanol–water partition coefficient (Wildman–Crippen LogP) is 5.67. The number of H-pyrrole nitrogens is 2. The van der Waals surface area contributed by atoms with Gasteiger partial charge in [-0.05, 0) is 48.9 Å². The number of halogens is 2. The number of amides is 1. The summed E-state index contributed by atoms with van der Waals surface area (Å²) in [6.45, 7) is 1.99. The van der Waals surface area contributed by atoms with E-state index in [4.69, 9.17) is 0 Å². The van der Waals surface area contributed by atoms with E-state index in [2.05, 4.69) is 53.2 Å². The monoisotopic (exact) mass is 459 g/mol. The van der Waals surface area contributed by atoms with Gasteiger partial charge in [-0.1, -0.05) is 31.9 Å². The fraction of sp³-hybridized carbons (Fsp3) is 0.105. The van der Waals surface area contributed by atoms with E-state index in [-0.39, 0.29) is 11.9 Å². The van der Waals surface area contributed by atoms with Crippen molar-refractivity contribution in [3.05, 3.63) is 68.9 Å². The largest absolute Gasteiger partial charge is 0.361 e. The molecular weight excluding hydrogens is 446 g/mol. The van der Waals surface area contributed by atoms with Crippen LogP contribution in [0, 0.1) is 0 Å². The Kier molecular flexibility index (Phi) is 4.17. The summed E-state index contributed by atoms with van der Waals surface area (Å²) in [4.78, 5) is 19.2. The zero-order valence-corrected chi connectivity index (χ0v) is 16.5. The molecule has 126 valence electrons. The Balaban J connectivity index is 1.65. The molecule has 0 saturated heterocycles. The SMILES string of the molecule is CC(NC(=O)c1c[nH]c2ccc(Br)cc12)c1c[nH]c2ccc(Br)cc12. The second kappa shape index (κ2) is 6.35. The predicted molar refractivity (Wildman–Crippen MR) is 108 cm³/mol. The Morgan fingerprint density at radius 2 is 1.56 bits per heavy atom. The van der Waals surface area contributed by atoms with Gasteiger partial charge in [0.15, 0.2) is 0 Å².